The fourth-order valence-corrected chi connectivity index (χ4v) is 3.10. The molecular weight excluding hydrogens is 254 g/mol. The van der Waals surface area contributed by atoms with Crippen LogP contribution >= 0.6 is 0 Å². The molecule has 1 aliphatic carbocycles. The topological polar surface area (TPSA) is 69.4 Å². The van der Waals surface area contributed by atoms with Gasteiger partial charge in [-0.05, 0) is 37.8 Å². The molecule has 0 spiro atoms. The highest BCUT2D eigenvalue weighted by Gasteiger charge is 2.28. The summed E-state index contributed by atoms with van der Waals surface area (Å²) in [5.41, 5.74) is 2.97. The molecule has 3 rings (SSSR count). The predicted molar refractivity (Wildman–Crippen MR) is 74.6 cm³/mol. The SMILES string of the molecule is CC1CN(c2nc3c(cc2C#N)CCC3)CC(CO)O1. The molecule has 20 heavy (non-hydrogen) atoms. The molecule has 1 aromatic heterocycles. The minimum Gasteiger partial charge on any atom is -0.394 e. The summed E-state index contributed by atoms with van der Waals surface area (Å²) in [5.74, 6) is 0.752. The Kier molecular flexibility index (Phi) is 3.60. The third-order valence-electron chi connectivity index (χ3n) is 3.98. The Labute approximate surface area is 118 Å². The highest BCUT2D eigenvalue weighted by Crippen LogP contribution is 2.28. The Hall–Kier alpha value is -1.64. The van der Waals surface area contributed by atoms with Gasteiger partial charge in [0.05, 0.1) is 24.4 Å². The second kappa shape index (κ2) is 5.39. The fraction of sp³-hybridized carbons (Fsp3) is 0.600. The predicted octanol–water partition coefficient (Wildman–Crippen LogP) is 1.03. The molecular formula is C15H19N3O2. The number of rotatable bonds is 2. The number of hydrogen-bond acceptors (Lipinski definition) is 5. The first-order chi connectivity index (χ1) is 9.71. The smallest absolute Gasteiger partial charge is 0.147 e. The second-order valence-electron chi connectivity index (χ2n) is 5.59. The molecule has 0 aromatic carbocycles. The van der Waals surface area contributed by atoms with Crippen molar-refractivity contribution in [2.45, 2.75) is 38.4 Å². The van der Waals surface area contributed by atoms with Gasteiger partial charge in [0.25, 0.3) is 0 Å². The standard InChI is InChI=1S/C15H19N3O2/c1-10-7-18(8-13(9-19)20-10)15-12(6-16)5-11-3-2-4-14(11)17-15/h5,10,13,19H,2-4,7-9H2,1H3. The van der Waals surface area contributed by atoms with E-state index < -0.39 is 0 Å². The Morgan fingerprint density at radius 2 is 2.35 bits per heavy atom. The van der Waals surface area contributed by atoms with Crippen molar-refractivity contribution in [3.8, 4) is 6.07 Å². The van der Waals surface area contributed by atoms with Gasteiger partial charge in [-0.3, -0.25) is 0 Å². The molecule has 0 saturated carbocycles. The Balaban J connectivity index is 1.95. The van der Waals surface area contributed by atoms with E-state index in [1.165, 1.54) is 5.56 Å². The number of ether oxygens (including phenoxy) is 1. The van der Waals surface area contributed by atoms with Crippen LogP contribution in [0.2, 0.25) is 0 Å². The number of morpholine rings is 1. The van der Waals surface area contributed by atoms with E-state index in [1.807, 2.05) is 13.0 Å². The second-order valence-corrected chi connectivity index (χ2v) is 5.59. The number of nitrogens with zero attached hydrogens (tertiary/aromatic N) is 3. The van der Waals surface area contributed by atoms with Gasteiger partial charge in [0.15, 0.2) is 0 Å². The van der Waals surface area contributed by atoms with Crippen LogP contribution in [0.1, 0.15) is 30.2 Å². The maximum absolute atomic E-state index is 9.37. The van der Waals surface area contributed by atoms with Crippen molar-refractivity contribution in [2.75, 3.05) is 24.6 Å². The van der Waals surface area contributed by atoms with Crippen molar-refractivity contribution in [1.82, 2.24) is 4.98 Å². The van der Waals surface area contributed by atoms with Crippen LogP contribution in [0.4, 0.5) is 5.82 Å². The van der Waals surface area contributed by atoms with Crippen LogP contribution in [-0.2, 0) is 17.6 Å². The first kappa shape index (κ1) is 13.3. The Bertz CT molecular complexity index is 553. The van der Waals surface area contributed by atoms with Crippen LogP contribution in [0.25, 0.3) is 0 Å². The Morgan fingerprint density at radius 3 is 3.10 bits per heavy atom. The minimum absolute atomic E-state index is 0.00628. The molecule has 5 nitrogen and oxygen atoms in total. The molecule has 2 heterocycles. The van der Waals surface area contributed by atoms with E-state index in [-0.39, 0.29) is 18.8 Å². The zero-order valence-electron chi connectivity index (χ0n) is 11.7. The van der Waals surface area contributed by atoms with Crippen molar-refractivity contribution in [1.29, 1.82) is 5.26 Å². The van der Waals surface area contributed by atoms with Crippen LogP contribution < -0.4 is 4.90 Å². The van der Waals surface area contributed by atoms with E-state index in [0.717, 1.165) is 30.8 Å². The Morgan fingerprint density at radius 1 is 1.50 bits per heavy atom. The lowest BCUT2D eigenvalue weighted by Gasteiger charge is -2.37. The molecule has 2 aliphatic rings. The largest absolute Gasteiger partial charge is 0.394 e. The average Bonchev–Trinajstić information content (AvgIpc) is 2.92. The number of aliphatic hydroxyl groups is 1. The van der Waals surface area contributed by atoms with Crippen molar-refractivity contribution >= 4 is 5.82 Å². The summed E-state index contributed by atoms with van der Waals surface area (Å²) >= 11 is 0. The minimum atomic E-state index is -0.208. The number of aliphatic hydroxyl groups excluding tert-OH is 1. The molecule has 2 atom stereocenters. The van der Waals surface area contributed by atoms with Crippen molar-refractivity contribution in [3.05, 3.63) is 22.9 Å². The number of aryl methyl sites for hydroxylation is 2. The van der Waals surface area contributed by atoms with E-state index in [0.29, 0.717) is 18.7 Å². The summed E-state index contributed by atoms with van der Waals surface area (Å²) in [6.07, 6.45) is 2.96. The molecule has 0 amide bonds. The normalized spacial score (nSPS) is 25.4. The fourth-order valence-electron chi connectivity index (χ4n) is 3.10. The van der Waals surface area contributed by atoms with E-state index >= 15 is 0 Å². The zero-order valence-corrected chi connectivity index (χ0v) is 11.7. The van der Waals surface area contributed by atoms with Crippen molar-refractivity contribution in [3.63, 3.8) is 0 Å². The molecule has 1 aliphatic heterocycles. The third-order valence-corrected chi connectivity index (χ3v) is 3.98. The van der Waals surface area contributed by atoms with Gasteiger partial charge in [-0.1, -0.05) is 0 Å². The molecule has 1 N–H and O–H groups in total. The monoisotopic (exact) mass is 273 g/mol. The first-order valence-electron chi connectivity index (χ1n) is 7.15. The van der Waals surface area contributed by atoms with Gasteiger partial charge in [0, 0.05) is 18.8 Å². The summed E-state index contributed by atoms with van der Waals surface area (Å²) in [7, 11) is 0. The summed E-state index contributed by atoms with van der Waals surface area (Å²) in [6, 6.07) is 4.25. The van der Waals surface area contributed by atoms with Crippen LogP contribution in [0.3, 0.4) is 0 Å². The van der Waals surface area contributed by atoms with Gasteiger partial charge in [0.1, 0.15) is 11.9 Å². The van der Waals surface area contributed by atoms with Crippen LogP contribution in [-0.4, -0.2) is 42.0 Å². The van der Waals surface area contributed by atoms with Gasteiger partial charge in [-0.15, -0.1) is 0 Å². The lowest BCUT2D eigenvalue weighted by molar-refractivity contribution is -0.0423. The molecule has 1 saturated heterocycles. The van der Waals surface area contributed by atoms with E-state index in [2.05, 4.69) is 11.0 Å². The average molecular weight is 273 g/mol. The lowest BCUT2D eigenvalue weighted by atomic mass is 10.1. The van der Waals surface area contributed by atoms with Gasteiger partial charge >= 0.3 is 0 Å². The maximum atomic E-state index is 9.37. The van der Waals surface area contributed by atoms with Crippen LogP contribution in [0.15, 0.2) is 6.07 Å². The van der Waals surface area contributed by atoms with E-state index in [9.17, 15) is 10.4 Å². The molecule has 0 bridgehead atoms. The van der Waals surface area contributed by atoms with E-state index in [1.54, 1.807) is 0 Å². The van der Waals surface area contributed by atoms with Crippen LogP contribution in [0, 0.1) is 11.3 Å². The maximum Gasteiger partial charge on any atom is 0.147 e. The molecule has 2 unspecified atom stereocenters. The molecule has 0 radical (unpaired) electrons. The van der Waals surface area contributed by atoms with Crippen molar-refractivity contribution in [2.24, 2.45) is 0 Å². The third kappa shape index (κ3) is 2.37. The van der Waals surface area contributed by atoms with Gasteiger partial charge in [-0.25, -0.2) is 4.98 Å². The van der Waals surface area contributed by atoms with Gasteiger partial charge in [0.2, 0.25) is 0 Å². The number of aromatic nitrogens is 1. The molecule has 1 aromatic rings. The van der Waals surface area contributed by atoms with Crippen molar-refractivity contribution < 1.29 is 9.84 Å². The number of fused-ring (bicyclic) bond motifs is 1. The van der Waals surface area contributed by atoms with E-state index in [4.69, 9.17) is 9.72 Å². The highest BCUT2D eigenvalue weighted by molar-refractivity contribution is 5.57. The number of hydrogen-bond donors (Lipinski definition) is 1. The summed E-state index contributed by atoms with van der Waals surface area (Å²) in [4.78, 5) is 6.79. The lowest BCUT2D eigenvalue weighted by Crippen LogP contribution is -2.48. The number of nitriles is 1. The highest BCUT2D eigenvalue weighted by atomic mass is 16.5. The molecule has 1 fully saturated rings. The van der Waals surface area contributed by atoms with Gasteiger partial charge < -0.3 is 14.7 Å². The zero-order chi connectivity index (χ0) is 14.1. The number of pyridine rings is 1. The molecule has 5 heteroatoms. The first-order valence-corrected chi connectivity index (χ1v) is 7.15. The quantitative estimate of drug-likeness (QED) is 0.871. The molecule has 106 valence electrons. The van der Waals surface area contributed by atoms with Crippen LogP contribution in [0.5, 0.6) is 0 Å². The summed E-state index contributed by atoms with van der Waals surface area (Å²) in [6.45, 7) is 3.26. The summed E-state index contributed by atoms with van der Waals surface area (Å²) in [5, 5.41) is 18.7. The summed E-state index contributed by atoms with van der Waals surface area (Å²) < 4.78 is 5.65. The van der Waals surface area contributed by atoms with Gasteiger partial charge in [-0.2, -0.15) is 5.26 Å². The number of anilines is 1.